The minimum atomic E-state index is -1.17. The number of benzene rings is 2. The summed E-state index contributed by atoms with van der Waals surface area (Å²) >= 11 is 0. The number of ether oxygens (including phenoxy) is 3. The van der Waals surface area contributed by atoms with Gasteiger partial charge in [0.2, 0.25) is 5.79 Å². The van der Waals surface area contributed by atoms with Crippen molar-refractivity contribution in [2.45, 2.75) is 70.7 Å². The number of hydrogen-bond acceptors (Lipinski definition) is 11. The Balaban J connectivity index is 0.926. The summed E-state index contributed by atoms with van der Waals surface area (Å²) in [5.74, 6) is -0.402. The smallest absolute Gasteiger partial charge is 0.350 e. The van der Waals surface area contributed by atoms with Crippen LogP contribution in [0.1, 0.15) is 40.2 Å². The summed E-state index contributed by atoms with van der Waals surface area (Å²) in [4.78, 5) is 28.7. The fourth-order valence-electron chi connectivity index (χ4n) is 6.59. The molecule has 5 atom stereocenters. The molecule has 14 heteroatoms. The van der Waals surface area contributed by atoms with Crippen LogP contribution in [0.3, 0.4) is 0 Å². The minimum Gasteiger partial charge on any atom is -0.491 e. The number of aromatic nitrogens is 6. The summed E-state index contributed by atoms with van der Waals surface area (Å²) in [5, 5.41) is 12.9. The van der Waals surface area contributed by atoms with Crippen molar-refractivity contribution in [3.05, 3.63) is 89.9 Å². The lowest BCUT2D eigenvalue weighted by Gasteiger charge is -2.37. The lowest BCUT2D eigenvalue weighted by molar-refractivity contribution is -0.127. The third-order valence-electron chi connectivity index (χ3n) is 9.78. The van der Waals surface area contributed by atoms with Crippen molar-refractivity contribution in [1.82, 2.24) is 29.3 Å². The van der Waals surface area contributed by atoms with E-state index in [0.29, 0.717) is 18.9 Å². The second-order valence-corrected chi connectivity index (χ2v) is 13.2. The number of aliphatic imine (C=N–C) groups is 2. The Morgan fingerprint density at radius 3 is 2.25 bits per heavy atom. The normalized spacial score (nSPS) is 24.3. The molecule has 0 spiro atoms. The van der Waals surface area contributed by atoms with Crippen molar-refractivity contribution < 1.29 is 14.2 Å². The molecule has 0 bridgehead atoms. The van der Waals surface area contributed by atoms with E-state index in [1.807, 2.05) is 57.2 Å². The average molecular weight is 695 g/mol. The van der Waals surface area contributed by atoms with Gasteiger partial charge in [0.1, 0.15) is 37.0 Å². The van der Waals surface area contributed by atoms with E-state index in [0.717, 1.165) is 55.4 Å². The summed E-state index contributed by atoms with van der Waals surface area (Å²) in [6, 6.07) is 16.4. The Morgan fingerprint density at radius 2 is 1.61 bits per heavy atom. The molecule has 268 valence electrons. The molecule has 2 aromatic carbocycles. The number of anilines is 2. The van der Waals surface area contributed by atoms with Gasteiger partial charge in [0.25, 0.3) is 0 Å². The van der Waals surface area contributed by atoms with Crippen molar-refractivity contribution in [1.29, 1.82) is 0 Å². The molecule has 7 rings (SSSR count). The lowest BCUT2D eigenvalue weighted by Crippen LogP contribution is -2.48. The molecule has 0 radical (unpaired) electrons. The Kier molecular flexibility index (Phi) is 10.1. The summed E-state index contributed by atoms with van der Waals surface area (Å²) in [5.41, 5.74) is 3.62. The highest BCUT2D eigenvalue weighted by molar-refractivity contribution is 6.34. The van der Waals surface area contributed by atoms with E-state index in [9.17, 15) is 4.79 Å². The van der Waals surface area contributed by atoms with Gasteiger partial charge in [0.15, 0.2) is 0 Å². The van der Waals surface area contributed by atoms with Crippen LogP contribution in [0.15, 0.2) is 94.2 Å². The molecular weight excluding hydrogens is 648 g/mol. The minimum absolute atomic E-state index is 0.0287. The Hall–Kier alpha value is -5.08. The van der Waals surface area contributed by atoms with E-state index in [2.05, 4.69) is 61.3 Å². The van der Waals surface area contributed by atoms with Gasteiger partial charge in [-0.2, -0.15) is 20.1 Å². The first-order chi connectivity index (χ1) is 24.9. The standard InChI is InChI=1S/C37H46N10O4/c1-5-7-34-28(4)38-22-35(42-34)37(25-46-39-16-17-40-46)50-24-33(51-37)23-49-32-14-12-30(13-15-32)44-20-18-43(19-21-44)29-8-10-31(11-9-29)45-26-41-47(36(45)48)27(3)6-2/h5,7-17,22,26-28,33-34H,6,18-21,23-25H2,1-4H3/b7-5-. The highest BCUT2D eigenvalue weighted by Gasteiger charge is 2.48. The SMILES string of the molecule is C/C=C\C1N=C(C2(Cn3nccn3)OCC(COc3ccc(N4CCN(c5ccc(-n6cnn(C(C)CC)c6=O)cc5)CC4)cc3)O2)C=NC1C. The van der Waals surface area contributed by atoms with E-state index in [1.165, 1.54) is 0 Å². The molecule has 3 aliphatic heterocycles. The zero-order valence-corrected chi connectivity index (χ0v) is 29.7. The molecular formula is C37H46N10O4. The van der Waals surface area contributed by atoms with Crippen LogP contribution < -0.4 is 20.2 Å². The van der Waals surface area contributed by atoms with Gasteiger partial charge >= 0.3 is 5.69 Å². The van der Waals surface area contributed by atoms with Gasteiger partial charge in [-0.3, -0.25) is 9.98 Å². The zero-order chi connectivity index (χ0) is 35.4. The van der Waals surface area contributed by atoms with Crippen LogP contribution in [-0.2, 0) is 16.0 Å². The van der Waals surface area contributed by atoms with Gasteiger partial charge in [-0.15, -0.1) is 0 Å². The summed E-state index contributed by atoms with van der Waals surface area (Å²) < 4.78 is 22.2. The predicted molar refractivity (Wildman–Crippen MR) is 197 cm³/mol. The van der Waals surface area contributed by atoms with Crippen LogP contribution >= 0.6 is 0 Å². The molecule has 2 aromatic heterocycles. The second-order valence-electron chi connectivity index (χ2n) is 13.2. The topological polar surface area (TPSA) is 129 Å². The monoisotopic (exact) mass is 694 g/mol. The third kappa shape index (κ3) is 7.38. The van der Waals surface area contributed by atoms with Crippen LogP contribution in [0.4, 0.5) is 11.4 Å². The first-order valence-electron chi connectivity index (χ1n) is 17.8. The maximum absolute atomic E-state index is 12.8. The maximum Gasteiger partial charge on any atom is 0.350 e. The van der Waals surface area contributed by atoms with Crippen LogP contribution in [0.5, 0.6) is 5.75 Å². The van der Waals surface area contributed by atoms with E-state index >= 15 is 0 Å². The van der Waals surface area contributed by atoms with Gasteiger partial charge < -0.3 is 24.0 Å². The number of allylic oxidation sites excluding steroid dienone is 1. The Morgan fingerprint density at radius 1 is 0.961 bits per heavy atom. The van der Waals surface area contributed by atoms with Crippen LogP contribution in [0.2, 0.25) is 0 Å². The summed E-state index contributed by atoms with van der Waals surface area (Å²) in [6.07, 6.45) is 11.2. The fourth-order valence-corrected chi connectivity index (χ4v) is 6.59. The first-order valence-corrected chi connectivity index (χ1v) is 17.8. The molecule has 0 saturated carbocycles. The molecule has 0 N–H and O–H groups in total. The van der Waals surface area contributed by atoms with Crippen molar-refractivity contribution in [3.8, 4) is 11.4 Å². The quantitative estimate of drug-likeness (QED) is 0.202. The molecule has 3 aliphatic rings. The van der Waals surface area contributed by atoms with Crippen molar-refractivity contribution in [3.63, 3.8) is 0 Å². The maximum atomic E-state index is 12.8. The molecule has 0 aliphatic carbocycles. The number of piperazine rings is 1. The number of rotatable bonds is 12. The summed E-state index contributed by atoms with van der Waals surface area (Å²) in [7, 11) is 0. The van der Waals surface area contributed by atoms with Crippen molar-refractivity contribution in [2.24, 2.45) is 9.98 Å². The third-order valence-corrected chi connectivity index (χ3v) is 9.78. The van der Waals surface area contributed by atoms with Crippen LogP contribution in [0.25, 0.3) is 5.69 Å². The zero-order valence-electron chi connectivity index (χ0n) is 29.7. The van der Waals surface area contributed by atoms with Gasteiger partial charge in [0.05, 0.1) is 42.8 Å². The summed E-state index contributed by atoms with van der Waals surface area (Å²) in [6.45, 7) is 12.5. The van der Waals surface area contributed by atoms with E-state index in [4.69, 9.17) is 19.2 Å². The average Bonchev–Trinajstić information content (AvgIpc) is 3.93. The van der Waals surface area contributed by atoms with Gasteiger partial charge in [-0.05, 0) is 75.7 Å². The van der Waals surface area contributed by atoms with E-state index in [1.54, 1.807) is 39.0 Å². The van der Waals surface area contributed by atoms with Crippen molar-refractivity contribution in [2.75, 3.05) is 49.2 Å². The molecule has 51 heavy (non-hydrogen) atoms. The molecule has 5 heterocycles. The fraction of sp³-hybridized carbons (Fsp3) is 0.459. The first kappa shape index (κ1) is 34.4. The van der Waals surface area contributed by atoms with Crippen molar-refractivity contribution >= 4 is 23.3 Å². The van der Waals surface area contributed by atoms with Crippen LogP contribution in [0, 0.1) is 0 Å². The molecule has 0 amide bonds. The van der Waals surface area contributed by atoms with Gasteiger partial charge in [0, 0.05) is 43.8 Å². The Labute approximate surface area is 297 Å². The number of nitrogens with zero attached hydrogens (tertiary/aromatic N) is 10. The Bertz CT molecular complexity index is 1890. The molecule has 14 nitrogen and oxygen atoms in total. The highest BCUT2D eigenvalue weighted by Crippen LogP contribution is 2.30. The number of hydrogen-bond donors (Lipinski definition) is 0. The van der Waals surface area contributed by atoms with E-state index < -0.39 is 5.79 Å². The molecule has 2 fully saturated rings. The van der Waals surface area contributed by atoms with Gasteiger partial charge in [-0.25, -0.2) is 14.0 Å². The van der Waals surface area contributed by atoms with Crippen LogP contribution in [-0.4, -0.2) is 105 Å². The van der Waals surface area contributed by atoms with Gasteiger partial charge in [-0.1, -0.05) is 19.1 Å². The largest absolute Gasteiger partial charge is 0.491 e. The molecule has 5 unspecified atom stereocenters. The highest BCUT2D eigenvalue weighted by atomic mass is 16.8. The molecule has 4 aromatic rings. The lowest BCUT2D eigenvalue weighted by atomic mass is 10.1. The van der Waals surface area contributed by atoms with E-state index in [-0.39, 0.29) is 36.5 Å². The predicted octanol–water partition coefficient (Wildman–Crippen LogP) is 3.97. The second kappa shape index (κ2) is 15.0. The molecule has 2 saturated heterocycles.